The summed E-state index contributed by atoms with van der Waals surface area (Å²) >= 11 is 1.63. The topological polar surface area (TPSA) is 32.8 Å². The molecule has 0 atom stereocenters. The van der Waals surface area contributed by atoms with E-state index in [1.165, 1.54) is 11.6 Å². The lowest BCUT2D eigenvalue weighted by Gasteiger charge is -2.29. The molecule has 1 amide bonds. The van der Waals surface area contributed by atoms with Crippen LogP contribution < -0.4 is 4.90 Å². The van der Waals surface area contributed by atoms with Crippen LogP contribution in [-0.4, -0.2) is 44.2 Å². The molecular weight excluding hydrogens is 327 g/mol. The van der Waals surface area contributed by atoms with E-state index in [-0.39, 0.29) is 11.7 Å². The van der Waals surface area contributed by atoms with Crippen LogP contribution in [0.4, 0.5) is 10.1 Å². The molecule has 0 saturated carbocycles. The normalized spacial score (nSPS) is 14.7. The molecule has 3 rings (SSSR count). The summed E-state index contributed by atoms with van der Waals surface area (Å²) in [6, 6.07) is 6.77. The minimum Gasteiger partial charge on any atom is -0.378 e. The van der Waals surface area contributed by atoms with Gasteiger partial charge in [0.05, 0.1) is 25.4 Å². The van der Waals surface area contributed by atoms with Gasteiger partial charge in [-0.15, -0.1) is 11.3 Å². The van der Waals surface area contributed by atoms with Gasteiger partial charge in [0.1, 0.15) is 5.82 Å². The molecule has 128 valence electrons. The number of ether oxygens (including phenoxy) is 1. The summed E-state index contributed by atoms with van der Waals surface area (Å²) in [5.74, 6) is -0.529. The molecule has 1 fully saturated rings. The van der Waals surface area contributed by atoms with Crippen molar-refractivity contribution in [3.8, 4) is 0 Å². The first-order valence-corrected chi connectivity index (χ1v) is 8.85. The van der Waals surface area contributed by atoms with Crippen LogP contribution in [0.2, 0.25) is 0 Å². The number of carbonyl (C=O) groups is 1. The Morgan fingerprint density at radius 2 is 2.08 bits per heavy atom. The third kappa shape index (κ3) is 3.60. The van der Waals surface area contributed by atoms with Crippen LogP contribution in [0, 0.1) is 12.7 Å². The molecule has 6 heteroatoms. The van der Waals surface area contributed by atoms with Gasteiger partial charge in [-0.05, 0) is 42.1 Å². The number of thiophene rings is 1. The highest BCUT2D eigenvalue weighted by molar-refractivity contribution is 7.10. The first-order chi connectivity index (χ1) is 11.6. The van der Waals surface area contributed by atoms with Crippen molar-refractivity contribution >= 4 is 22.9 Å². The molecule has 2 aromatic rings. The van der Waals surface area contributed by atoms with Gasteiger partial charge in [0, 0.05) is 30.6 Å². The van der Waals surface area contributed by atoms with Crippen LogP contribution >= 0.6 is 11.3 Å². The fourth-order valence-electron chi connectivity index (χ4n) is 2.77. The molecule has 0 radical (unpaired) electrons. The molecule has 4 nitrogen and oxygen atoms in total. The quantitative estimate of drug-likeness (QED) is 0.850. The standard InChI is InChI=1S/C18H21FN2O2S/c1-13-5-10-24-17(13)12-20(2)18(22)14-3-4-16(15(19)11-14)21-6-8-23-9-7-21/h3-5,10-11H,6-9,12H2,1-2H3. The third-order valence-electron chi connectivity index (χ3n) is 4.24. The largest absolute Gasteiger partial charge is 0.378 e. The maximum atomic E-state index is 14.4. The van der Waals surface area contributed by atoms with Crippen molar-refractivity contribution in [1.29, 1.82) is 0 Å². The molecule has 1 saturated heterocycles. The predicted octanol–water partition coefficient (Wildman–Crippen LogP) is 3.30. The molecule has 1 aromatic carbocycles. The summed E-state index contributed by atoms with van der Waals surface area (Å²) in [6.07, 6.45) is 0. The number of morpholine rings is 1. The van der Waals surface area contributed by atoms with E-state index in [1.807, 2.05) is 23.3 Å². The average Bonchev–Trinajstić information content (AvgIpc) is 2.99. The van der Waals surface area contributed by atoms with Gasteiger partial charge in [-0.3, -0.25) is 4.79 Å². The summed E-state index contributed by atoms with van der Waals surface area (Å²) in [6.45, 7) is 5.10. The van der Waals surface area contributed by atoms with Crippen LogP contribution in [0.5, 0.6) is 0 Å². The number of hydrogen-bond acceptors (Lipinski definition) is 4. The molecule has 0 N–H and O–H groups in total. The van der Waals surface area contributed by atoms with Crippen LogP contribution in [0.15, 0.2) is 29.6 Å². The Labute approximate surface area is 145 Å². The van der Waals surface area contributed by atoms with Gasteiger partial charge in [0.2, 0.25) is 0 Å². The van der Waals surface area contributed by atoms with Crippen LogP contribution in [0.25, 0.3) is 0 Å². The highest BCUT2D eigenvalue weighted by atomic mass is 32.1. The summed E-state index contributed by atoms with van der Waals surface area (Å²) in [5, 5.41) is 2.01. The van der Waals surface area contributed by atoms with Gasteiger partial charge in [0.25, 0.3) is 5.91 Å². The highest BCUT2D eigenvalue weighted by Gasteiger charge is 2.19. The molecule has 1 aliphatic rings. The molecule has 24 heavy (non-hydrogen) atoms. The Hall–Kier alpha value is -1.92. The summed E-state index contributed by atoms with van der Waals surface area (Å²) in [4.78, 5) is 17.3. The first-order valence-electron chi connectivity index (χ1n) is 7.97. The number of nitrogens with zero attached hydrogens (tertiary/aromatic N) is 2. The summed E-state index contributed by atoms with van der Waals surface area (Å²) in [7, 11) is 1.75. The second kappa shape index (κ2) is 7.32. The Morgan fingerprint density at radius 1 is 1.33 bits per heavy atom. The lowest BCUT2D eigenvalue weighted by molar-refractivity contribution is 0.0785. The lowest BCUT2D eigenvalue weighted by Crippen LogP contribution is -2.36. The van der Waals surface area contributed by atoms with E-state index < -0.39 is 0 Å². The number of amides is 1. The van der Waals surface area contributed by atoms with Gasteiger partial charge < -0.3 is 14.5 Å². The zero-order chi connectivity index (χ0) is 17.1. The molecule has 0 unspecified atom stereocenters. The number of halogens is 1. The molecular formula is C18H21FN2O2S. The number of anilines is 1. The Bertz CT molecular complexity index is 726. The van der Waals surface area contributed by atoms with E-state index in [0.29, 0.717) is 44.1 Å². The minimum atomic E-state index is -0.358. The molecule has 0 spiro atoms. The number of carbonyl (C=O) groups excluding carboxylic acids is 1. The van der Waals surface area contributed by atoms with Crippen molar-refractivity contribution in [2.45, 2.75) is 13.5 Å². The Kier molecular flexibility index (Phi) is 5.16. The number of hydrogen-bond donors (Lipinski definition) is 0. The lowest BCUT2D eigenvalue weighted by atomic mass is 10.1. The molecule has 2 heterocycles. The second-order valence-corrected chi connectivity index (χ2v) is 6.95. The minimum absolute atomic E-state index is 0.171. The van der Waals surface area contributed by atoms with Crippen molar-refractivity contribution in [2.24, 2.45) is 0 Å². The Morgan fingerprint density at radius 3 is 2.71 bits per heavy atom. The van der Waals surface area contributed by atoms with Crippen molar-refractivity contribution in [2.75, 3.05) is 38.3 Å². The average molecular weight is 348 g/mol. The fraction of sp³-hybridized carbons (Fsp3) is 0.389. The van der Waals surface area contributed by atoms with Gasteiger partial charge >= 0.3 is 0 Å². The van der Waals surface area contributed by atoms with Gasteiger partial charge in [0.15, 0.2) is 0 Å². The van der Waals surface area contributed by atoms with Crippen molar-refractivity contribution < 1.29 is 13.9 Å². The highest BCUT2D eigenvalue weighted by Crippen LogP contribution is 2.23. The van der Waals surface area contributed by atoms with Crippen LogP contribution in [0.1, 0.15) is 20.8 Å². The predicted molar refractivity (Wildman–Crippen MR) is 94.3 cm³/mol. The zero-order valence-corrected chi connectivity index (χ0v) is 14.7. The Balaban J connectivity index is 1.73. The van der Waals surface area contributed by atoms with E-state index >= 15 is 0 Å². The maximum Gasteiger partial charge on any atom is 0.254 e. The van der Waals surface area contributed by atoms with Crippen molar-refractivity contribution in [3.05, 3.63) is 51.5 Å². The van der Waals surface area contributed by atoms with Gasteiger partial charge in [-0.25, -0.2) is 4.39 Å². The van der Waals surface area contributed by atoms with E-state index in [2.05, 4.69) is 0 Å². The van der Waals surface area contributed by atoms with E-state index in [0.717, 1.165) is 4.88 Å². The number of aryl methyl sites for hydroxylation is 1. The number of rotatable bonds is 4. The van der Waals surface area contributed by atoms with Gasteiger partial charge in [-0.2, -0.15) is 0 Å². The van der Waals surface area contributed by atoms with E-state index in [4.69, 9.17) is 4.74 Å². The molecule has 0 bridgehead atoms. The van der Waals surface area contributed by atoms with E-state index in [1.54, 1.807) is 35.4 Å². The van der Waals surface area contributed by atoms with Crippen molar-refractivity contribution in [3.63, 3.8) is 0 Å². The molecule has 1 aromatic heterocycles. The summed E-state index contributed by atoms with van der Waals surface area (Å²) < 4.78 is 19.7. The first kappa shape index (κ1) is 16.9. The fourth-order valence-corrected chi connectivity index (χ4v) is 3.73. The zero-order valence-electron chi connectivity index (χ0n) is 13.9. The van der Waals surface area contributed by atoms with Gasteiger partial charge in [-0.1, -0.05) is 0 Å². The smallest absolute Gasteiger partial charge is 0.254 e. The van der Waals surface area contributed by atoms with Crippen LogP contribution in [0.3, 0.4) is 0 Å². The maximum absolute atomic E-state index is 14.4. The second-order valence-electron chi connectivity index (χ2n) is 5.95. The van der Waals surface area contributed by atoms with Crippen LogP contribution in [-0.2, 0) is 11.3 Å². The van der Waals surface area contributed by atoms with E-state index in [9.17, 15) is 9.18 Å². The van der Waals surface area contributed by atoms with Crippen molar-refractivity contribution in [1.82, 2.24) is 4.90 Å². The monoisotopic (exact) mass is 348 g/mol. The molecule has 1 aliphatic heterocycles. The third-order valence-corrected chi connectivity index (χ3v) is 5.25. The molecule has 0 aliphatic carbocycles. The number of benzene rings is 1. The SMILES string of the molecule is Cc1ccsc1CN(C)C(=O)c1ccc(N2CCOCC2)c(F)c1. The summed E-state index contributed by atoms with van der Waals surface area (Å²) in [5.41, 5.74) is 2.08.